The van der Waals surface area contributed by atoms with Crippen molar-refractivity contribution in [3.05, 3.63) is 55.7 Å². The third-order valence-corrected chi connectivity index (χ3v) is 4.44. The highest BCUT2D eigenvalue weighted by atomic mass is 79.9. The average molecular weight is 454 g/mol. The van der Waals surface area contributed by atoms with Crippen LogP contribution in [-0.2, 0) is 0 Å². The van der Waals surface area contributed by atoms with Gasteiger partial charge >= 0.3 is 0 Å². The maximum absolute atomic E-state index is 10.4. The molecule has 0 saturated carbocycles. The van der Waals surface area contributed by atoms with Crippen molar-refractivity contribution < 1.29 is 4.92 Å². The lowest BCUT2D eigenvalue weighted by Gasteiger charge is -1.90. The molecule has 0 bridgehead atoms. The monoisotopic (exact) mass is 452 g/mol. The number of H-pyrrole nitrogens is 2. The number of nitro benzene ring substituents is 1. The molecule has 0 radical (unpaired) electrons. The lowest BCUT2D eigenvalue weighted by Crippen LogP contribution is -1.86. The molecule has 8 nitrogen and oxygen atoms in total. The van der Waals surface area contributed by atoms with E-state index in [4.69, 9.17) is 5.73 Å². The Morgan fingerprint density at radius 2 is 1.50 bits per heavy atom. The Hall–Kier alpha value is -2.46. The molecule has 0 atom stereocenters. The second kappa shape index (κ2) is 6.57. The SMILES string of the molecule is Nc1ccc2n[nH]c(Br)c2c1.O=[N+]([O-])c1ccc2n[nH]c(Br)c2c1. The third-order valence-electron chi connectivity index (χ3n) is 3.23. The minimum Gasteiger partial charge on any atom is -0.399 e. The lowest BCUT2D eigenvalue weighted by atomic mass is 10.2. The number of non-ortho nitro benzene ring substituents is 1. The number of halogens is 2. The number of aromatic amines is 2. The van der Waals surface area contributed by atoms with E-state index in [9.17, 15) is 10.1 Å². The molecule has 0 aliphatic rings. The van der Waals surface area contributed by atoms with Gasteiger partial charge in [-0.15, -0.1) is 0 Å². The van der Waals surface area contributed by atoms with E-state index in [2.05, 4.69) is 52.3 Å². The molecule has 4 rings (SSSR count). The third kappa shape index (κ3) is 3.24. The number of anilines is 1. The Labute approximate surface area is 151 Å². The molecule has 122 valence electrons. The van der Waals surface area contributed by atoms with Crippen LogP contribution in [0.25, 0.3) is 21.8 Å². The number of nitrogens with two attached hydrogens (primary N) is 1. The number of nitrogens with zero attached hydrogens (tertiary/aromatic N) is 3. The molecule has 0 aliphatic carbocycles. The van der Waals surface area contributed by atoms with E-state index in [0.717, 1.165) is 21.2 Å². The van der Waals surface area contributed by atoms with Crippen LogP contribution < -0.4 is 5.73 Å². The Kier molecular flexibility index (Phi) is 4.49. The van der Waals surface area contributed by atoms with Gasteiger partial charge in [-0.3, -0.25) is 20.3 Å². The van der Waals surface area contributed by atoms with Gasteiger partial charge in [0.15, 0.2) is 0 Å². The van der Waals surface area contributed by atoms with Crippen molar-refractivity contribution in [3.8, 4) is 0 Å². The zero-order valence-corrected chi connectivity index (χ0v) is 15.1. The number of aromatic nitrogens is 4. The Bertz CT molecular complexity index is 1040. The summed E-state index contributed by atoms with van der Waals surface area (Å²) in [4.78, 5) is 10.0. The quantitative estimate of drug-likeness (QED) is 0.227. The minimum atomic E-state index is -0.432. The van der Waals surface area contributed by atoms with Crippen molar-refractivity contribution in [2.24, 2.45) is 0 Å². The zero-order chi connectivity index (χ0) is 17.3. The standard InChI is InChI=1S/C7H4BrN3O2.C7H6BrN3/c8-7-5-3-4(11(12)13)1-2-6(5)9-10-7;8-7-5-3-4(9)1-2-6(5)10-11-7/h1-3H,(H,9,10);1-3H,9H2,(H,10,11). The fourth-order valence-corrected chi connectivity index (χ4v) is 2.89. The van der Waals surface area contributed by atoms with Crippen LogP contribution in [0.15, 0.2) is 45.6 Å². The number of nitrogen functional groups attached to an aromatic ring is 1. The largest absolute Gasteiger partial charge is 0.399 e. The molecule has 0 saturated heterocycles. The van der Waals surface area contributed by atoms with Gasteiger partial charge in [0.2, 0.25) is 0 Å². The Balaban J connectivity index is 0.000000143. The van der Waals surface area contributed by atoms with Crippen LogP contribution in [0.1, 0.15) is 0 Å². The first-order valence-corrected chi connectivity index (χ1v) is 8.21. The summed E-state index contributed by atoms with van der Waals surface area (Å²) in [5.74, 6) is 0. The molecule has 0 amide bonds. The van der Waals surface area contributed by atoms with Crippen molar-refractivity contribution in [2.45, 2.75) is 0 Å². The summed E-state index contributed by atoms with van der Waals surface area (Å²) in [7, 11) is 0. The predicted molar refractivity (Wildman–Crippen MR) is 98.7 cm³/mol. The lowest BCUT2D eigenvalue weighted by molar-refractivity contribution is -0.384. The van der Waals surface area contributed by atoms with E-state index in [0.29, 0.717) is 15.5 Å². The van der Waals surface area contributed by atoms with Crippen molar-refractivity contribution in [1.82, 2.24) is 20.4 Å². The molecule has 2 aromatic heterocycles. The highest BCUT2D eigenvalue weighted by Gasteiger charge is 2.09. The van der Waals surface area contributed by atoms with E-state index in [-0.39, 0.29) is 5.69 Å². The molecule has 2 aromatic carbocycles. The van der Waals surface area contributed by atoms with Crippen molar-refractivity contribution in [1.29, 1.82) is 0 Å². The van der Waals surface area contributed by atoms with Crippen molar-refractivity contribution >= 4 is 65.0 Å². The summed E-state index contributed by atoms with van der Waals surface area (Å²) < 4.78 is 1.53. The van der Waals surface area contributed by atoms with Crippen molar-refractivity contribution in [3.63, 3.8) is 0 Å². The number of rotatable bonds is 1. The zero-order valence-electron chi connectivity index (χ0n) is 12.0. The summed E-state index contributed by atoms with van der Waals surface area (Å²) in [5.41, 5.74) is 8.03. The summed E-state index contributed by atoms with van der Waals surface area (Å²) >= 11 is 6.54. The molecular weight excluding hydrogens is 444 g/mol. The molecule has 0 fully saturated rings. The molecule has 2 heterocycles. The minimum absolute atomic E-state index is 0.0644. The summed E-state index contributed by atoms with van der Waals surface area (Å²) in [6.07, 6.45) is 0. The van der Waals surface area contributed by atoms with Crippen LogP contribution in [0.2, 0.25) is 0 Å². The topological polar surface area (TPSA) is 127 Å². The van der Waals surface area contributed by atoms with Crippen molar-refractivity contribution in [2.75, 3.05) is 5.73 Å². The van der Waals surface area contributed by atoms with E-state index in [1.165, 1.54) is 12.1 Å². The van der Waals surface area contributed by atoms with Gasteiger partial charge < -0.3 is 5.73 Å². The molecule has 0 spiro atoms. The summed E-state index contributed by atoms with van der Waals surface area (Å²) in [6.45, 7) is 0. The van der Waals surface area contributed by atoms with E-state index in [1.54, 1.807) is 6.07 Å². The predicted octanol–water partition coefficient (Wildman–Crippen LogP) is 4.14. The van der Waals surface area contributed by atoms with E-state index in [1.807, 2.05) is 18.2 Å². The van der Waals surface area contributed by atoms with Crippen LogP contribution in [0.3, 0.4) is 0 Å². The van der Waals surface area contributed by atoms with Gasteiger partial charge in [0.25, 0.3) is 5.69 Å². The van der Waals surface area contributed by atoms with E-state index >= 15 is 0 Å². The molecule has 4 aromatic rings. The first kappa shape index (κ1) is 16.4. The van der Waals surface area contributed by atoms with Crippen LogP contribution >= 0.6 is 31.9 Å². The van der Waals surface area contributed by atoms with Gasteiger partial charge in [-0.25, -0.2) is 0 Å². The van der Waals surface area contributed by atoms with Crippen LogP contribution in [0.5, 0.6) is 0 Å². The second-order valence-corrected chi connectivity index (χ2v) is 6.40. The molecular formula is C14H10Br2N6O2. The fourth-order valence-electron chi connectivity index (χ4n) is 2.08. The van der Waals surface area contributed by atoms with E-state index < -0.39 is 4.92 Å². The maximum Gasteiger partial charge on any atom is 0.270 e. The van der Waals surface area contributed by atoms with Crippen LogP contribution in [-0.4, -0.2) is 25.3 Å². The molecule has 0 aliphatic heterocycles. The maximum atomic E-state index is 10.4. The van der Waals surface area contributed by atoms with Gasteiger partial charge in [-0.2, -0.15) is 10.2 Å². The number of benzene rings is 2. The summed E-state index contributed by atoms with van der Waals surface area (Å²) in [6, 6.07) is 10.1. The molecule has 0 unspecified atom stereocenters. The van der Waals surface area contributed by atoms with Gasteiger partial charge in [0, 0.05) is 28.6 Å². The smallest absolute Gasteiger partial charge is 0.270 e. The highest BCUT2D eigenvalue weighted by Crippen LogP contribution is 2.25. The molecule has 24 heavy (non-hydrogen) atoms. The molecule has 10 heteroatoms. The Morgan fingerprint density at radius 1 is 0.958 bits per heavy atom. The number of fused-ring (bicyclic) bond motifs is 2. The number of nitro groups is 1. The number of hydrogen-bond donors (Lipinski definition) is 3. The number of hydrogen-bond acceptors (Lipinski definition) is 5. The normalized spacial score (nSPS) is 10.6. The van der Waals surface area contributed by atoms with Gasteiger partial charge in [0.05, 0.1) is 16.0 Å². The second-order valence-electron chi connectivity index (χ2n) is 4.81. The number of nitrogens with one attached hydrogen (secondary N) is 2. The van der Waals surface area contributed by atoms with Gasteiger partial charge in [-0.1, -0.05) is 0 Å². The Morgan fingerprint density at radius 3 is 2.08 bits per heavy atom. The molecule has 4 N–H and O–H groups in total. The van der Waals surface area contributed by atoms with Gasteiger partial charge in [0.1, 0.15) is 9.21 Å². The van der Waals surface area contributed by atoms with Gasteiger partial charge in [-0.05, 0) is 56.1 Å². The first-order chi connectivity index (χ1) is 11.5. The van der Waals surface area contributed by atoms with Crippen LogP contribution in [0, 0.1) is 10.1 Å². The summed E-state index contributed by atoms with van der Waals surface area (Å²) in [5, 5.41) is 25.6. The first-order valence-electron chi connectivity index (χ1n) is 6.63. The van der Waals surface area contributed by atoms with Crippen LogP contribution in [0.4, 0.5) is 11.4 Å². The fraction of sp³-hybridized carbons (Fsp3) is 0. The average Bonchev–Trinajstić information content (AvgIpc) is 3.11. The highest BCUT2D eigenvalue weighted by molar-refractivity contribution is 9.10.